The van der Waals surface area contributed by atoms with E-state index >= 15 is 0 Å². The molecule has 1 aliphatic rings. The van der Waals surface area contributed by atoms with Gasteiger partial charge in [-0.3, -0.25) is 4.90 Å². The molecule has 0 aromatic heterocycles. The quantitative estimate of drug-likeness (QED) is 0.833. The van der Waals surface area contributed by atoms with Gasteiger partial charge in [0.2, 0.25) is 0 Å². The maximum atomic E-state index is 8.86. The monoisotopic (exact) mass is 258 g/mol. The van der Waals surface area contributed by atoms with Gasteiger partial charge in [0.15, 0.2) is 0 Å². The Morgan fingerprint density at radius 2 is 2.00 bits per heavy atom. The Morgan fingerprint density at radius 3 is 2.63 bits per heavy atom. The molecule has 1 aliphatic heterocycles. The zero-order chi connectivity index (χ0) is 13.7. The molecule has 0 saturated carbocycles. The number of hydrogen-bond acceptors (Lipinski definition) is 3. The van der Waals surface area contributed by atoms with Crippen LogP contribution in [0.15, 0.2) is 18.2 Å². The van der Waals surface area contributed by atoms with Crippen LogP contribution in [0.3, 0.4) is 0 Å². The molecule has 19 heavy (non-hydrogen) atoms. The lowest BCUT2D eigenvalue weighted by Crippen LogP contribution is -2.36. The number of hydrogen-bond donors (Lipinski definition) is 0. The Balaban J connectivity index is 1.72. The summed E-state index contributed by atoms with van der Waals surface area (Å²) in [5.74, 6) is 1.21. The average molecular weight is 258 g/mol. The summed E-state index contributed by atoms with van der Waals surface area (Å²) in [5, 5.41) is 8.86. The van der Waals surface area contributed by atoms with Crippen molar-refractivity contribution in [3.05, 3.63) is 29.3 Å². The molecule has 2 rings (SSSR count). The number of nitriles is 1. The van der Waals surface area contributed by atoms with Gasteiger partial charge in [-0.05, 0) is 63.0 Å². The summed E-state index contributed by atoms with van der Waals surface area (Å²) < 4.78 is 5.79. The maximum absolute atomic E-state index is 8.86. The van der Waals surface area contributed by atoms with Crippen LogP contribution in [0.5, 0.6) is 5.75 Å². The molecule has 1 fully saturated rings. The predicted molar refractivity (Wildman–Crippen MR) is 76.2 cm³/mol. The fourth-order valence-corrected chi connectivity index (χ4v) is 2.38. The first-order valence-corrected chi connectivity index (χ1v) is 7.01. The molecule has 1 heterocycles. The minimum absolute atomic E-state index is 0.261. The maximum Gasteiger partial charge on any atom is 0.119 e. The Kier molecular flexibility index (Phi) is 4.81. The molecular weight excluding hydrogens is 236 g/mol. The smallest absolute Gasteiger partial charge is 0.119 e. The molecule has 0 radical (unpaired) electrons. The van der Waals surface area contributed by atoms with Gasteiger partial charge < -0.3 is 4.74 Å². The lowest BCUT2D eigenvalue weighted by Gasteiger charge is -2.28. The molecule has 1 saturated heterocycles. The van der Waals surface area contributed by atoms with Gasteiger partial charge in [-0.25, -0.2) is 0 Å². The van der Waals surface area contributed by atoms with Crippen molar-refractivity contribution in [1.82, 2.24) is 4.90 Å². The van der Waals surface area contributed by atoms with Crippen LogP contribution in [0, 0.1) is 31.1 Å². The minimum atomic E-state index is 0.261. The minimum Gasteiger partial charge on any atom is -0.492 e. The number of benzene rings is 1. The Morgan fingerprint density at radius 1 is 1.26 bits per heavy atom. The van der Waals surface area contributed by atoms with E-state index in [1.54, 1.807) is 0 Å². The number of piperidine rings is 1. The third kappa shape index (κ3) is 3.97. The van der Waals surface area contributed by atoms with Crippen LogP contribution in [0.2, 0.25) is 0 Å². The number of aryl methyl sites for hydroxylation is 2. The van der Waals surface area contributed by atoms with E-state index in [0.717, 1.165) is 44.8 Å². The van der Waals surface area contributed by atoms with Crippen LogP contribution < -0.4 is 4.74 Å². The molecule has 0 amide bonds. The normalized spacial score (nSPS) is 17.1. The molecule has 0 unspecified atom stereocenters. The van der Waals surface area contributed by atoms with E-state index in [-0.39, 0.29) is 5.92 Å². The van der Waals surface area contributed by atoms with E-state index in [2.05, 4.69) is 36.9 Å². The molecule has 3 nitrogen and oxygen atoms in total. The first kappa shape index (κ1) is 13.9. The summed E-state index contributed by atoms with van der Waals surface area (Å²) in [6.07, 6.45) is 2.00. The van der Waals surface area contributed by atoms with Crippen molar-refractivity contribution < 1.29 is 4.74 Å². The second-order valence-electron chi connectivity index (χ2n) is 5.34. The Labute approximate surface area is 115 Å². The number of nitrogens with zero attached hydrogens (tertiary/aromatic N) is 2. The Bertz CT molecular complexity index is 456. The summed E-state index contributed by atoms with van der Waals surface area (Å²) in [6, 6.07) is 8.59. The second-order valence-corrected chi connectivity index (χ2v) is 5.34. The molecule has 0 atom stereocenters. The third-order valence-electron chi connectivity index (χ3n) is 3.92. The van der Waals surface area contributed by atoms with E-state index in [4.69, 9.17) is 10.00 Å². The molecular formula is C16H22N2O. The molecule has 1 aromatic rings. The lowest BCUT2D eigenvalue weighted by atomic mass is 9.99. The van der Waals surface area contributed by atoms with Gasteiger partial charge in [-0.2, -0.15) is 5.26 Å². The largest absolute Gasteiger partial charge is 0.492 e. The number of likely N-dealkylation sites (tertiary alicyclic amines) is 1. The summed E-state index contributed by atoms with van der Waals surface area (Å²) in [6.45, 7) is 7.93. The van der Waals surface area contributed by atoms with Gasteiger partial charge in [-0.1, -0.05) is 6.07 Å². The average Bonchev–Trinajstić information content (AvgIpc) is 2.43. The van der Waals surface area contributed by atoms with Gasteiger partial charge in [0.05, 0.1) is 6.07 Å². The van der Waals surface area contributed by atoms with E-state index in [1.807, 2.05) is 6.07 Å². The lowest BCUT2D eigenvalue weighted by molar-refractivity contribution is 0.169. The van der Waals surface area contributed by atoms with Crippen LogP contribution in [-0.4, -0.2) is 31.1 Å². The fraction of sp³-hybridized carbons (Fsp3) is 0.562. The molecule has 102 valence electrons. The highest BCUT2D eigenvalue weighted by atomic mass is 16.5. The van der Waals surface area contributed by atoms with Gasteiger partial charge >= 0.3 is 0 Å². The van der Waals surface area contributed by atoms with E-state index < -0.39 is 0 Å². The highest BCUT2D eigenvalue weighted by molar-refractivity contribution is 5.33. The van der Waals surface area contributed by atoms with Gasteiger partial charge in [0.25, 0.3) is 0 Å². The highest BCUT2D eigenvalue weighted by Crippen LogP contribution is 2.18. The SMILES string of the molecule is Cc1ccc(OCCN2CCC(C#N)CC2)cc1C. The van der Waals surface area contributed by atoms with E-state index in [9.17, 15) is 0 Å². The van der Waals surface area contributed by atoms with Crippen molar-refractivity contribution in [1.29, 1.82) is 5.26 Å². The van der Waals surface area contributed by atoms with Crippen molar-refractivity contribution in [2.75, 3.05) is 26.2 Å². The molecule has 0 aliphatic carbocycles. The Hall–Kier alpha value is -1.53. The van der Waals surface area contributed by atoms with Crippen LogP contribution in [0.1, 0.15) is 24.0 Å². The van der Waals surface area contributed by atoms with Crippen molar-refractivity contribution in [3.63, 3.8) is 0 Å². The first-order valence-electron chi connectivity index (χ1n) is 7.01. The summed E-state index contributed by atoms with van der Waals surface area (Å²) >= 11 is 0. The number of rotatable bonds is 4. The van der Waals surface area contributed by atoms with Crippen LogP contribution in [0.4, 0.5) is 0 Å². The second kappa shape index (κ2) is 6.58. The fourth-order valence-electron chi connectivity index (χ4n) is 2.38. The first-order chi connectivity index (χ1) is 9.19. The molecule has 3 heteroatoms. The van der Waals surface area contributed by atoms with Crippen LogP contribution in [0.25, 0.3) is 0 Å². The third-order valence-corrected chi connectivity index (χ3v) is 3.92. The zero-order valence-electron chi connectivity index (χ0n) is 11.9. The summed E-state index contributed by atoms with van der Waals surface area (Å²) in [7, 11) is 0. The van der Waals surface area contributed by atoms with Crippen LogP contribution in [-0.2, 0) is 0 Å². The predicted octanol–water partition coefficient (Wildman–Crippen LogP) is 2.92. The van der Waals surface area contributed by atoms with Gasteiger partial charge in [0.1, 0.15) is 12.4 Å². The summed E-state index contributed by atoms with van der Waals surface area (Å²) in [4.78, 5) is 2.38. The molecule has 1 aromatic carbocycles. The van der Waals surface area contributed by atoms with Gasteiger partial charge in [-0.15, -0.1) is 0 Å². The standard InChI is InChI=1S/C16H22N2O/c1-13-3-4-16(11-14(13)2)19-10-9-18-7-5-15(12-17)6-8-18/h3-4,11,15H,5-10H2,1-2H3. The number of ether oxygens (including phenoxy) is 1. The molecule has 0 bridgehead atoms. The zero-order valence-corrected chi connectivity index (χ0v) is 11.9. The van der Waals surface area contributed by atoms with Crippen molar-refractivity contribution in [2.24, 2.45) is 5.92 Å². The van der Waals surface area contributed by atoms with Crippen LogP contribution >= 0.6 is 0 Å². The van der Waals surface area contributed by atoms with E-state index in [0.29, 0.717) is 0 Å². The van der Waals surface area contributed by atoms with Crippen molar-refractivity contribution in [3.8, 4) is 11.8 Å². The molecule has 0 N–H and O–H groups in total. The van der Waals surface area contributed by atoms with Crippen molar-refractivity contribution >= 4 is 0 Å². The summed E-state index contributed by atoms with van der Waals surface area (Å²) in [5.41, 5.74) is 2.57. The van der Waals surface area contributed by atoms with E-state index in [1.165, 1.54) is 11.1 Å². The highest BCUT2D eigenvalue weighted by Gasteiger charge is 2.18. The van der Waals surface area contributed by atoms with Crippen molar-refractivity contribution in [2.45, 2.75) is 26.7 Å². The van der Waals surface area contributed by atoms with Gasteiger partial charge in [0, 0.05) is 12.5 Å². The molecule has 0 spiro atoms. The topological polar surface area (TPSA) is 36.3 Å².